The van der Waals surface area contributed by atoms with E-state index in [1.807, 2.05) is 0 Å². The zero-order valence-electron chi connectivity index (χ0n) is 11.5. The van der Waals surface area contributed by atoms with E-state index in [-0.39, 0.29) is 11.1 Å². The predicted molar refractivity (Wildman–Crippen MR) is 75.8 cm³/mol. The second-order valence-corrected chi connectivity index (χ2v) is 7.06. The van der Waals surface area contributed by atoms with Gasteiger partial charge < -0.3 is 4.74 Å². The van der Waals surface area contributed by atoms with Crippen LogP contribution in [0.15, 0.2) is 0 Å². The summed E-state index contributed by atoms with van der Waals surface area (Å²) in [4.78, 5) is 2.43. The van der Waals surface area contributed by atoms with E-state index in [0.29, 0.717) is 6.10 Å². The van der Waals surface area contributed by atoms with Gasteiger partial charge in [0, 0.05) is 17.4 Å². The van der Waals surface area contributed by atoms with Gasteiger partial charge >= 0.3 is 0 Å². The van der Waals surface area contributed by atoms with Crippen LogP contribution >= 0.6 is 15.9 Å². The Balaban J connectivity index is 1.85. The Kier molecular flexibility index (Phi) is 4.21. The van der Waals surface area contributed by atoms with Crippen LogP contribution in [0.25, 0.3) is 0 Å². The summed E-state index contributed by atoms with van der Waals surface area (Å²) >= 11 is 3.60. The van der Waals surface area contributed by atoms with Gasteiger partial charge in [-0.1, -0.05) is 28.8 Å². The van der Waals surface area contributed by atoms with Crippen LogP contribution in [-0.4, -0.2) is 41.1 Å². The zero-order chi connectivity index (χ0) is 12.5. The minimum Gasteiger partial charge on any atom is -0.370 e. The summed E-state index contributed by atoms with van der Waals surface area (Å²) in [6.45, 7) is 5.63. The first-order valence-electron chi connectivity index (χ1n) is 6.92. The van der Waals surface area contributed by atoms with E-state index in [1.54, 1.807) is 0 Å². The maximum atomic E-state index is 6.36. The lowest BCUT2D eigenvalue weighted by molar-refractivity contribution is -0.0520. The highest BCUT2D eigenvalue weighted by molar-refractivity contribution is 9.09. The van der Waals surface area contributed by atoms with Gasteiger partial charge in [0.15, 0.2) is 0 Å². The molecule has 2 fully saturated rings. The topological polar surface area (TPSA) is 12.5 Å². The van der Waals surface area contributed by atoms with Gasteiger partial charge in [-0.3, -0.25) is 4.90 Å². The van der Waals surface area contributed by atoms with Crippen molar-refractivity contribution in [3.8, 4) is 0 Å². The van der Waals surface area contributed by atoms with E-state index in [0.717, 1.165) is 11.9 Å². The summed E-state index contributed by atoms with van der Waals surface area (Å²) in [7, 11) is 2.21. The Morgan fingerprint density at radius 2 is 1.94 bits per heavy atom. The van der Waals surface area contributed by atoms with Gasteiger partial charge in [-0.2, -0.15) is 0 Å². The molecule has 1 atom stereocenters. The number of halogens is 1. The first-order valence-corrected chi connectivity index (χ1v) is 8.05. The zero-order valence-corrected chi connectivity index (χ0v) is 13.1. The average molecular weight is 304 g/mol. The first-order chi connectivity index (χ1) is 7.97. The minimum atomic E-state index is 0.217. The molecule has 0 amide bonds. The lowest BCUT2D eigenvalue weighted by Gasteiger charge is -2.36. The summed E-state index contributed by atoms with van der Waals surface area (Å²) in [5.41, 5.74) is 0.499. The van der Waals surface area contributed by atoms with E-state index in [4.69, 9.17) is 4.74 Å². The molecule has 0 aromatic rings. The molecule has 2 aliphatic rings. The fraction of sp³-hybridized carbons (Fsp3) is 1.00. The van der Waals surface area contributed by atoms with Crippen molar-refractivity contribution in [2.24, 2.45) is 0 Å². The SMILES string of the molecule is CN(CC1CCC2(CCCC2)O1)C(C)(C)CBr. The van der Waals surface area contributed by atoms with Crippen molar-refractivity contribution < 1.29 is 4.74 Å². The lowest BCUT2D eigenvalue weighted by atomic mass is 9.98. The van der Waals surface area contributed by atoms with E-state index < -0.39 is 0 Å². The van der Waals surface area contributed by atoms with E-state index in [9.17, 15) is 0 Å². The molecule has 1 unspecified atom stereocenters. The third-order valence-electron chi connectivity index (χ3n) is 4.69. The monoisotopic (exact) mass is 303 g/mol. The molecule has 0 bridgehead atoms. The summed E-state index contributed by atoms with van der Waals surface area (Å²) in [5, 5.41) is 1.01. The molecule has 1 saturated heterocycles. The van der Waals surface area contributed by atoms with Crippen molar-refractivity contribution in [2.75, 3.05) is 18.9 Å². The van der Waals surface area contributed by atoms with Crippen LogP contribution in [0.1, 0.15) is 52.4 Å². The smallest absolute Gasteiger partial charge is 0.0710 e. The van der Waals surface area contributed by atoms with Crippen LogP contribution in [-0.2, 0) is 4.74 Å². The standard InChI is InChI=1S/C14H26BrNO/c1-13(2,11-15)16(3)10-12-6-9-14(17-12)7-4-5-8-14/h12H,4-11H2,1-3H3. The Morgan fingerprint density at radius 1 is 1.29 bits per heavy atom. The molecule has 1 aliphatic heterocycles. The number of nitrogens with zero attached hydrogens (tertiary/aromatic N) is 1. The van der Waals surface area contributed by atoms with Crippen molar-refractivity contribution in [3.05, 3.63) is 0 Å². The Labute approximate surface area is 114 Å². The molecule has 100 valence electrons. The molecule has 3 heteroatoms. The molecule has 0 aromatic heterocycles. The number of hydrogen-bond acceptors (Lipinski definition) is 2. The van der Waals surface area contributed by atoms with Crippen LogP contribution < -0.4 is 0 Å². The molecule has 2 rings (SSSR count). The van der Waals surface area contributed by atoms with Gasteiger partial charge in [0.1, 0.15) is 0 Å². The maximum Gasteiger partial charge on any atom is 0.0710 e. The van der Waals surface area contributed by atoms with Gasteiger partial charge in [-0.25, -0.2) is 0 Å². The molecule has 0 N–H and O–H groups in total. The van der Waals surface area contributed by atoms with Crippen LogP contribution in [0.3, 0.4) is 0 Å². The molecule has 1 aliphatic carbocycles. The molecule has 1 saturated carbocycles. The van der Waals surface area contributed by atoms with Crippen LogP contribution in [0.2, 0.25) is 0 Å². The highest BCUT2D eigenvalue weighted by Crippen LogP contribution is 2.43. The van der Waals surface area contributed by atoms with E-state index >= 15 is 0 Å². The molecule has 0 aromatic carbocycles. The number of ether oxygens (including phenoxy) is 1. The predicted octanol–water partition coefficient (Wildman–Crippen LogP) is 3.58. The second kappa shape index (κ2) is 5.18. The third kappa shape index (κ3) is 3.05. The van der Waals surface area contributed by atoms with Crippen molar-refractivity contribution in [1.29, 1.82) is 0 Å². The molecule has 17 heavy (non-hydrogen) atoms. The van der Waals surface area contributed by atoms with Gasteiger partial charge in [-0.15, -0.1) is 0 Å². The Bertz CT molecular complexity index is 261. The maximum absolute atomic E-state index is 6.36. The molecular weight excluding hydrogens is 278 g/mol. The minimum absolute atomic E-state index is 0.217. The van der Waals surface area contributed by atoms with Crippen LogP contribution in [0, 0.1) is 0 Å². The summed E-state index contributed by atoms with van der Waals surface area (Å²) in [6.07, 6.45) is 8.34. The lowest BCUT2D eigenvalue weighted by Crippen LogP contribution is -2.46. The fourth-order valence-corrected chi connectivity index (χ4v) is 3.49. The number of hydrogen-bond donors (Lipinski definition) is 0. The summed E-state index contributed by atoms with van der Waals surface area (Å²) < 4.78 is 6.36. The fourth-order valence-electron chi connectivity index (χ4n) is 3.07. The first kappa shape index (κ1) is 13.8. The van der Waals surface area contributed by atoms with E-state index in [1.165, 1.54) is 38.5 Å². The van der Waals surface area contributed by atoms with Crippen LogP contribution in [0.5, 0.6) is 0 Å². The highest BCUT2D eigenvalue weighted by Gasteiger charge is 2.42. The van der Waals surface area contributed by atoms with E-state index in [2.05, 4.69) is 41.7 Å². The molecule has 0 radical (unpaired) electrons. The Hall–Kier alpha value is 0.400. The molecule has 1 heterocycles. The number of rotatable bonds is 4. The normalized spacial score (nSPS) is 28.4. The molecular formula is C14H26BrNO. The van der Waals surface area contributed by atoms with Gasteiger partial charge in [0.2, 0.25) is 0 Å². The molecule has 1 spiro atoms. The second-order valence-electron chi connectivity index (χ2n) is 6.50. The van der Waals surface area contributed by atoms with Gasteiger partial charge in [0.05, 0.1) is 11.7 Å². The number of alkyl halides is 1. The quantitative estimate of drug-likeness (QED) is 0.736. The Morgan fingerprint density at radius 3 is 2.53 bits per heavy atom. The van der Waals surface area contributed by atoms with Crippen molar-refractivity contribution in [2.45, 2.75) is 69.6 Å². The largest absolute Gasteiger partial charge is 0.370 e. The van der Waals surface area contributed by atoms with Crippen molar-refractivity contribution in [1.82, 2.24) is 4.90 Å². The number of likely N-dealkylation sites (N-methyl/N-ethyl adjacent to an activating group) is 1. The van der Waals surface area contributed by atoms with Gasteiger partial charge in [-0.05, 0) is 46.6 Å². The van der Waals surface area contributed by atoms with Crippen molar-refractivity contribution >= 4 is 15.9 Å². The summed E-state index contributed by atoms with van der Waals surface area (Å²) in [5.74, 6) is 0. The third-order valence-corrected chi connectivity index (χ3v) is 6.06. The van der Waals surface area contributed by atoms with Crippen LogP contribution in [0.4, 0.5) is 0 Å². The highest BCUT2D eigenvalue weighted by atomic mass is 79.9. The van der Waals surface area contributed by atoms with Crippen molar-refractivity contribution in [3.63, 3.8) is 0 Å². The summed E-state index contributed by atoms with van der Waals surface area (Å²) in [6, 6.07) is 0. The average Bonchev–Trinajstić information content (AvgIpc) is 2.90. The molecule has 2 nitrogen and oxygen atoms in total. The van der Waals surface area contributed by atoms with Gasteiger partial charge in [0.25, 0.3) is 0 Å².